The second-order valence-corrected chi connectivity index (χ2v) is 6.13. The largest absolute Gasteiger partial charge is 0.458 e. The molecule has 6 heteroatoms. The number of esters is 1. The van der Waals surface area contributed by atoms with E-state index in [0.29, 0.717) is 18.7 Å². The average molecular weight is 279 g/mol. The van der Waals surface area contributed by atoms with Crippen LogP contribution in [0.3, 0.4) is 0 Å². The molecule has 2 heterocycles. The highest BCUT2D eigenvalue weighted by atomic mass is 16.6. The van der Waals surface area contributed by atoms with Gasteiger partial charge in [-0.2, -0.15) is 5.10 Å². The minimum Gasteiger partial charge on any atom is -0.458 e. The van der Waals surface area contributed by atoms with E-state index in [1.165, 1.54) is 0 Å². The quantitative estimate of drug-likeness (QED) is 0.835. The van der Waals surface area contributed by atoms with E-state index in [2.05, 4.69) is 10.2 Å². The van der Waals surface area contributed by atoms with Gasteiger partial charge in [0.1, 0.15) is 17.3 Å². The standard InChI is InChI=1S/C14H21N3O3/c1-9-8-10(16-15-9)12(18)17-7-5-6-11(17)13(19)20-14(2,3)4/h8,11H,5-7H2,1-4H3,(H,15,16)/t11-/m0/s1. The zero-order valence-corrected chi connectivity index (χ0v) is 12.4. The van der Waals surface area contributed by atoms with Crippen molar-refractivity contribution in [2.45, 2.75) is 52.2 Å². The van der Waals surface area contributed by atoms with Crippen LogP contribution in [0.25, 0.3) is 0 Å². The van der Waals surface area contributed by atoms with E-state index in [-0.39, 0.29) is 11.9 Å². The van der Waals surface area contributed by atoms with Crippen LogP contribution in [0, 0.1) is 6.92 Å². The number of carbonyl (C=O) groups is 2. The van der Waals surface area contributed by atoms with Crippen molar-refractivity contribution >= 4 is 11.9 Å². The minimum atomic E-state index is -0.544. The average Bonchev–Trinajstić information content (AvgIpc) is 2.93. The van der Waals surface area contributed by atoms with Crippen LogP contribution in [0.4, 0.5) is 0 Å². The molecule has 0 aromatic carbocycles. The van der Waals surface area contributed by atoms with Crippen molar-refractivity contribution in [1.82, 2.24) is 15.1 Å². The Hall–Kier alpha value is -1.85. The SMILES string of the molecule is Cc1cc(C(=O)N2CCC[C@H]2C(=O)OC(C)(C)C)n[nH]1. The Bertz CT molecular complexity index is 516. The van der Waals surface area contributed by atoms with Gasteiger partial charge >= 0.3 is 5.97 Å². The maximum Gasteiger partial charge on any atom is 0.329 e. The first-order valence-corrected chi connectivity index (χ1v) is 6.84. The highest BCUT2D eigenvalue weighted by Crippen LogP contribution is 2.22. The maximum atomic E-state index is 12.4. The third-order valence-corrected chi connectivity index (χ3v) is 3.12. The zero-order valence-electron chi connectivity index (χ0n) is 12.4. The topological polar surface area (TPSA) is 75.3 Å². The number of ether oxygens (including phenoxy) is 1. The van der Waals surface area contributed by atoms with E-state index < -0.39 is 11.6 Å². The fourth-order valence-electron chi connectivity index (χ4n) is 2.30. The number of nitrogens with one attached hydrogen (secondary N) is 1. The Kier molecular flexibility index (Phi) is 3.83. The molecule has 1 atom stereocenters. The van der Waals surface area contributed by atoms with Gasteiger partial charge in [0.15, 0.2) is 0 Å². The molecule has 0 bridgehead atoms. The zero-order chi connectivity index (χ0) is 14.9. The van der Waals surface area contributed by atoms with Gasteiger partial charge in [-0.25, -0.2) is 4.79 Å². The summed E-state index contributed by atoms with van der Waals surface area (Å²) in [6.45, 7) is 7.86. The van der Waals surface area contributed by atoms with Gasteiger partial charge in [0.05, 0.1) is 0 Å². The van der Waals surface area contributed by atoms with E-state index in [9.17, 15) is 9.59 Å². The van der Waals surface area contributed by atoms with Crippen molar-refractivity contribution in [2.24, 2.45) is 0 Å². The number of hydrogen-bond donors (Lipinski definition) is 1. The molecule has 1 fully saturated rings. The lowest BCUT2D eigenvalue weighted by molar-refractivity contribution is -0.159. The number of nitrogens with zero attached hydrogens (tertiary/aromatic N) is 2. The van der Waals surface area contributed by atoms with Crippen molar-refractivity contribution in [2.75, 3.05) is 6.54 Å². The number of aryl methyl sites for hydroxylation is 1. The molecule has 6 nitrogen and oxygen atoms in total. The number of carbonyl (C=O) groups excluding carboxylic acids is 2. The first kappa shape index (κ1) is 14.6. The summed E-state index contributed by atoms with van der Waals surface area (Å²) in [5, 5.41) is 6.70. The summed E-state index contributed by atoms with van der Waals surface area (Å²) >= 11 is 0. The van der Waals surface area contributed by atoms with E-state index in [1.54, 1.807) is 11.0 Å². The summed E-state index contributed by atoms with van der Waals surface area (Å²) in [6, 6.07) is 1.19. The van der Waals surface area contributed by atoms with Crippen LogP contribution in [-0.4, -0.2) is 45.2 Å². The summed E-state index contributed by atoms with van der Waals surface area (Å²) in [7, 11) is 0. The lowest BCUT2D eigenvalue weighted by Gasteiger charge is -2.27. The van der Waals surface area contributed by atoms with Gasteiger partial charge in [-0.15, -0.1) is 0 Å². The fourth-order valence-corrected chi connectivity index (χ4v) is 2.30. The van der Waals surface area contributed by atoms with Crippen LogP contribution in [-0.2, 0) is 9.53 Å². The van der Waals surface area contributed by atoms with E-state index in [0.717, 1.165) is 12.1 Å². The number of aromatic amines is 1. The molecule has 1 aromatic rings. The minimum absolute atomic E-state index is 0.220. The molecule has 2 rings (SSSR count). The van der Waals surface area contributed by atoms with Crippen LogP contribution < -0.4 is 0 Å². The number of hydrogen-bond acceptors (Lipinski definition) is 4. The van der Waals surface area contributed by atoms with Crippen molar-refractivity contribution < 1.29 is 14.3 Å². The molecular weight excluding hydrogens is 258 g/mol. The van der Waals surface area contributed by atoms with E-state index >= 15 is 0 Å². The van der Waals surface area contributed by atoms with Gasteiger partial charge in [-0.05, 0) is 46.6 Å². The lowest BCUT2D eigenvalue weighted by atomic mass is 10.1. The Morgan fingerprint density at radius 1 is 1.45 bits per heavy atom. The smallest absolute Gasteiger partial charge is 0.329 e. The van der Waals surface area contributed by atoms with Crippen LogP contribution in [0.5, 0.6) is 0 Å². The van der Waals surface area contributed by atoms with Crippen molar-refractivity contribution in [1.29, 1.82) is 0 Å². The van der Waals surface area contributed by atoms with Gasteiger partial charge in [-0.3, -0.25) is 9.89 Å². The summed E-state index contributed by atoms with van der Waals surface area (Å²) in [4.78, 5) is 26.1. The van der Waals surface area contributed by atoms with Gasteiger partial charge in [-0.1, -0.05) is 0 Å². The van der Waals surface area contributed by atoms with E-state index in [4.69, 9.17) is 4.74 Å². The number of likely N-dealkylation sites (tertiary alicyclic amines) is 1. The number of aromatic nitrogens is 2. The molecular formula is C14H21N3O3. The highest BCUT2D eigenvalue weighted by Gasteiger charge is 2.37. The van der Waals surface area contributed by atoms with Crippen LogP contribution in [0.15, 0.2) is 6.07 Å². The number of rotatable bonds is 2. The maximum absolute atomic E-state index is 12.4. The summed E-state index contributed by atoms with van der Waals surface area (Å²) < 4.78 is 5.38. The number of amides is 1. The molecule has 1 saturated heterocycles. The van der Waals surface area contributed by atoms with Crippen molar-refractivity contribution in [3.05, 3.63) is 17.5 Å². The predicted octanol–water partition coefficient (Wildman–Crippen LogP) is 1.66. The number of H-pyrrole nitrogens is 1. The second-order valence-electron chi connectivity index (χ2n) is 6.13. The van der Waals surface area contributed by atoms with Gasteiger partial charge in [0.2, 0.25) is 0 Å². The Labute approximate surface area is 118 Å². The summed E-state index contributed by atoms with van der Waals surface area (Å²) in [5.41, 5.74) is 0.622. The van der Waals surface area contributed by atoms with Crippen molar-refractivity contribution in [3.8, 4) is 0 Å². The molecule has 0 unspecified atom stereocenters. The first-order chi connectivity index (χ1) is 9.28. The molecule has 0 aliphatic carbocycles. The molecule has 110 valence electrons. The second kappa shape index (κ2) is 5.26. The normalized spacial score (nSPS) is 19.2. The van der Waals surface area contributed by atoms with Gasteiger partial charge in [0, 0.05) is 12.2 Å². The molecule has 0 saturated carbocycles. The third kappa shape index (κ3) is 3.18. The van der Waals surface area contributed by atoms with Crippen LogP contribution >= 0.6 is 0 Å². The summed E-state index contributed by atoms with van der Waals surface area (Å²) in [5.74, 6) is -0.557. The molecule has 1 aliphatic rings. The van der Waals surface area contributed by atoms with Crippen LogP contribution in [0.1, 0.15) is 49.8 Å². The first-order valence-electron chi connectivity index (χ1n) is 6.84. The lowest BCUT2D eigenvalue weighted by Crippen LogP contribution is -2.43. The van der Waals surface area contributed by atoms with Crippen molar-refractivity contribution in [3.63, 3.8) is 0 Å². The Morgan fingerprint density at radius 3 is 2.70 bits per heavy atom. The third-order valence-electron chi connectivity index (χ3n) is 3.12. The molecule has 1 aliphatic heterocycles. The fraction of sp³-hybridized carbons (Fsp3) is 0.643. The highest BCUT2D eigenvalue weighted by molar-refractivity contribution is 5.95. The predicted molar refractivity (Wildman–Crippen MR) is 73.2 cm³/mol. The molecule has 1 N–H and O–H groups in total. The molecule has 0 spiro atoms. The Morgan fingerprint density at radius 2 is 2.15 bits per heavy atom. The molecule has 20 heavy (non-hydrogen) atoms. The molecule has 1 aromatic heterocycles. The van der Waals surface area contributed by atoms with Gasteiger partial charge < -0.3 is 9.64 Å². The molecule has 1 amide bonds. The van der Waals surface area contributed by atoms with Crippen LogP contribution in [0.2, 0.25) is 0 Å². The summed E-state index contributed by atoms with van der Waals surface area (Å²) in [6.07, 6.45) is 1.45. The van der Waals surface area contributed by atoms with Gasteiger partial charge in [0.25, 0.3) is 5.91 Å². The van der Waals surface area contributed by atoms with E-state index in [1.807, 2.05) is 27.7 Å². The monoisotopic (exact) mass is 279 g/mol. The Balaban J connectivity index is 2.11. The molecule has 0 radical (unpaired) electrons.